The number of aromatic nitrogens is 2. The van der Waals surface area contributed by atoms with Crippen LogP contribution in [-0.2, 0) is 0 Å². The maximum absolute atomic E-state index is 11.8. The molecular formula is C18H12N2O2. The Morgan fingerprint density at radius 1 is 0.909 bits per heavy atom. The summed E-state index contributed by atoms with van der Waals surface area (Å²) in [6.45, 7) is 0. The number of hydrogen-bond donors (Lipinski definition) is 0. The zero-order valence-corrected chi connectivity index (χ0v) is 11.6. The molecule has 0 saturated carbocycles. The third kappa shape index (κ3) is 2.02. The predicted molar refractivity (Wildman–Crippen MR) is 85.0 cm³/mol. The molecule has 0 amide bonds. The van der Waals surface area contributed by atoms with Crippen LogP contribution in [0.15, 0.2) is 82.3 Å². The first-order valence-electron chi connectivity index (χ1n) is 6.95. The molecule has 0 saturated heterocycles. The van der Waals surface area contributed by atoms with Crippen molar-refractivity contribution in [2.45, 2.75) is 0 Å². The van der Waals surface area contributed by atoms with E-state index >= 15 is 0 Å². The highest BCUT2D eigenvalue weighted by molar-refractivity contribution is 5.82. The summed E-state index contributed by atoms with van der Waals surface area (Å²) in [7, 11) is 0. The molecule has 0 aliphatic heterocycles. The minimum Gasteiger partial charge on any atom is -0.416 e. The molecule has 0 spiro atoms. The van der Waals surface area contributed by atoms with Gasteiger partial charge in [-0.1, -0.05) is 42.5 Å². The van der Waals surface area contributed by atoms with Gasteiger partial charge in [0.25, 0.3) is 0 Å². The SMILES string of the molecule is O=c1occn1-c1ccccc1-c1ccc2ccccc2n1. The summed E-state index contributed by atoms with van der Waals surface area (Å²) in [6, 6.07) is 19.6. The van der Waals surface area contributed by atoms with E-state index in [-0.39, 0.29) is 0 Å². The van der Waals surface area contributed by atoms with Gasteiger partial charge in [0.2, 0.25) is 0 Å². The molecule has 2 heterocycles. The molecule has 4 heteroatoms. The van der Waals surface area contributed by atoms with Crippen molar-refractivity contribution >= 4 is 10.9 Å². The molecule has 0 aliphatic rings. The summed E-state index contributed by atoms with van der Waals surface area (Å²) < 4.78 is 6.35. The van der Waals surface area contributed by atoms with Gasteiger partial charge in [-0.2, -0.15) is 0 Å². The second kappa shape index (κ2) is 5.00. The Kier molecular flexibility index (Phi) is 2.86. The lowest BCUT2D eigenvalue weighted by atomic mass is 10.1. The molecule has 2 aromatic carbocycles. The molecule has 0 atom stereocenters. The van der Waals surface area contributed by atoms with Gasteiger partial charge in [-0.25, -0.2) is 14.3 Å². The number of para-hydroxylation sites is 2. The van der Waals surface area contributed by atoms with Gasteiger partial charge in [0.05, 0.1) is 23.1 Å². The van der Waals surface area contributed by atoms with Gasteiger partial charge in [0.15, 0.2) is 0 Å². The minimum atomic E-state index is -0.409. The van der Waals surface area contributed by atoms with Gasteiger partial charge in [-0.3, -0.25) is 0 Å². The lowest BCUT2D eigenvalue weighted by Crippen LogP contribution is -2.12. The van der Waals surface area contributed by atoms with E-state index in [2.05, 4.69) is 0 Å². The molecule has 4 nitrogen and oxygen atoms in total. The number of rotatable bonds is 2. The fourth-order valence-electron chi connectivity index (χ4n) is 2.56. The van der Waals surface area contributed by atoms with Crippen LogP contribution < -0.4 is 5.76 Å². The summed E-state index contributed by atoms with van der Waals surface area (Å²) in [5, 5.41) is 1.09. The zero-order chi connectivity index (χ0) is 14.9. The van der Waals surface area contributed by atoms with Crippen LogP contribution in [0.25, 0.3) is 27.8 Å². The molecular weight excluding hydrogens is 276 g/mol. The Balaban J connectivity index is 1.95. The van der Waals surface area contributed by atoms with Crippen LogP contribution in [0.1, 0.15) is 0 Å². The highest BCUT2D eigenvalue weighted by Gasteiger charge is 2.10. The quantitative estimate of drug-likeness (QED) is 0.565. The van der Waals surface area contributed by atoms with Crippen LogP contribution in [0.5, 0.6) is 0 Å². The molecule has 0 fully saturated rings. The summed E-state index contributed by atoms with van der Waals surface area (Å²) in [4.78, 5) is 16.5. The fourth-order valence-corrected chi connectivity index (χ4v) is 2.56. The molecule has 0 N–H and O–H groups in total. The lowest BCUT2D eigenvalue weighted by molar-refractivity contribution is 0.504. The topological polar surface area (TPSA) is 48.0 Å². The van der Waals surface area contributed by atoms with Gasteiger partial charge in [0.1, 0.15) is 6.26 Å². The van der Waals surface area contributed by atoms with Gasteiger partial charge in [0, 0.05) is 10.9 Å². The average Bonchev–Trinajstić information content (AvgIpc) is 3.00. The normalized spacial score (nSPS) is 10.9. The summed E-state index contributed by atoms with van der Waals surface area (Å²) in [5.74, 6) is -0.409. The number of benzene rings is 2. The fraction of sp³-hybridized carbons (Fsp3) is 0. The summed E-state index contributed by atoms with van der Waals surface area (Å²) >= 11 is 0. The molecule has 0 aliphatic carbocycles. The molecule has 22 heavy (non-hydrogen) atoms. The molecule has 106 valence electrons. The van der Waals surface area contributed by atoms with Gasteiger partial charge in [-0.05, 0) is 18.2 Å². The van der Waals surface area contributed by atoms with E-state index < -0.39 is 5.76 Å². The van der Waals surface area contributed by atoms with E-state index in [4.69, 9.17) is 9.40 Å². The Labute approximate surface area is 126 Å². The predicted octanol–water partition coefficient (Wildman–Crippen LogP) is 3.65. The maximum atomic E-state index is 11.8. The summed E-state index contributed by atoms with van der Waals surface area (Å²) in [6.07, 6.45) is 3.00. The van der Waals surface area contributed by atoms with Crippen LogP contribution in [0, 0.1) is 0 Å². The van der Waals surface area contributed by atoms with Crippen molar-refractivity contribution in [3.05, 3.63) is 83.7 Å². The van der Waals surface area contributed by atoms with Crippen LogP contribution in [0.3, 0.4) is 0 Å². The standard InChI is InChI=1S/C18H12N2O2/c21-18-20(11-12-22-18)17-8-4-2-6-14(17)16-10-9-13-5-1-3-7-15(13)19-16/h1-12H. The van der Waals surface area contributed by atoms with Crippen LogP contribution >= 0.6 is 0 Å². The first kappa shape index (κ1) is 12.6. The van der Waals surface area contributed by atoms with Crippen molar-refractivity contribution in [3.8, 4) is 16.9 Å². The number of fused-ring (bicyclic) bond motifs is 1. The van der Waals surface area contributed by atoms with E-state index in [0.717, 1.165) is 27.8 Å². The smallest absolute Gasteiger partial charge is 0.416 e. The van der Waals surface area contributed by atoms with Crippen LogP contribution in [0.2, 0.25) is 0 Å². The van der Waals surface area contributed by atoms with E-state index in [1.54, 1.807) is 6.20 Å². The molecule has 0 bridgehead atoms. The number of nitrogens with zero attached hydrogens (tertiary/aromatic N) is 2. The first-order chi connectivity index (χ1) is 10.8. The summed E-state index contributed by atoms with van der Waals surface area (Å²) in [5.41, 5.74) is 3.39. The third-order valence-electron chi connectivity index (χ3n) is 3.61. The van der Waals surface area contributed by atoms with Crippen molar-refractivity contribution < 1.29 is 4.42 Å². The van der Waals surface area contributed by atoms with Crippen LogP contribution in [-0.4, -0.2) is 9.55 Å². The Bertz CT molecular complexity index is 1010. The van der Waals surface area contributed by atoms with Gasteiger partial charge in [-0.15, -0.1) is 0 Å². The van der Waals surface area contributed by atoms with Gasteiger partial charge < -0.3 is 4.42 Å². The Morgan fingerprint density at radius 2 is 1.73 bits per heavy atom. The number of oxazole rings is 1. The second-order valence-corrected chi connectivity index (χ2v) is 4.95. The highest BCUT2D eigenvalue weighted by atomic mass is 16.4. The Morgan fingerprint density at radius 3 is 2.59 bits per heavy atom. The maximum Gasteiger partial charge on any atom is 0.423 e. The zero-order valence-electron chi connectivity index (χ0n) is 11.6. The molecule has 2 aromatic heterocycles. The van der Waals surface area contributed by atoms with Crippen molar-refractivity contribution in [2.75, 3.05) is 0 Å². The second-order valence-electron chi connectivity index (χ2n) is 4.95. The lowest BCUT2D eigenvalue weighted by Gasteiger charge is -2.09. The average molecular weight is 288 g/mol. The molecule has 4 aromatic rings. The van der Waals surface area contributed by atoms with Crippen LogP contribution in [0.4, 0.5) is 0 Å². The van der Waals surface area contributed by atoms with E-state index in [0.29, 0.717) is 0 Å². The van der Waals surface area contributed by atoms with Crippen molar-refractivity contribution in [3.63, 3.8) is 0 Å². The van der Waals surface area contributed by atoms with E-state index in [1.165, 1.54) is 10.8 Å². The third-order valence-corrected chi connectivity index (χ3v) is 3.61. The largest absolute Gasteiger partial charge is 0.423 e. The van der Waals surface area contributed by atoms with Crippen molar-refractivity contribution in [1.82, 2.24) is 9.55 Å². The van der Waals surface area contributed by atoms with Gasteiger partial charge >= 0.3 is 5.76 Å². The molecule has 4 rings (SSSR count). The van der Waals surface area contributed by atoms with Crippen molar-refractivity contribution in [2.24, 2.45) is 0 Å². The van der Waals surface area contributed by atoms with E-state index in [9.17, 15) is 4.79 Å². The number of hydrogen-bond acceptors (Lipinski definition) is 3. The number of pyridine rings is 1. The highest BCUT2D eigenvalue weighted by Crippen LogP contribution is 2.26. The molecule has 0 radical (unpaired) electrons. The monoisotopic (exact) mass is 288 g/mol. The van der Waals surface area contributed by atoms with Crippen molar-refractivity contribution in [1.29, 1.82) is 0 Å². The minimum absolute atomic E-state index is 0.409. The first-order valence-corrected chi connectivity index (χ1v) is 6.95. The molecule has 0 unspecified atom stereocenters. The van der Waals surface area contributed by atoms with E-state index in [1.807, 2.05) is 60.7 Å². The Hall–Kier alpha value is -3.14.